The van der Waals surface area contributed by atoms with Gasteiger partial charge in [0.15, 0.2) is 0 Å². The number of carboxylic acid groups (broad SMARTS) is 1. The van der Waals surface area contributed by atoms with Gasteiger partial charge in [-0.3, -0.25) is 0 Å². The van der Waals surface area contributed by atoms with Gasteiger partial charge in [0.1, 0.15) is 0 Å². The molecular formula is C10H16O2. The van der Waals surface area contributed by atoms with Crippen LogP contribution in [0.25, 0.3) is 0 Å². The summed E-state index contributed by atoms with van der Waals surface area (Å²) in [5.41, 5.74) is 1.38. The van der Waals surface area contributed by atoms with Gasteiger partial charge in [0, 0.05) is 5.57 Å². The van der Waals surface area contributed by atoms with Crippen molar-refractivity contribution in [1.82, 2.24) is 0 Å². The Morgan fingerprint density at radius 3 is 2.42 bits per heavy atom. The number of rotatable bonds is 4. The van der Waals surface area contributed by atoms with Crippen LogP contribution in [0.1, 0.15) is 33.6 Å². The minimum absolute atomic E-state index is 0.524. The van der Waals surface area contributed by atoms with Crippen molar-refractivity contribution in [2.45, 2.75) is 33.6 Å². The van der Waals surface area contributed by atoms with Crippen LogP contribution in [0, 0.1) is 0 Å². The third-order valence-electron chi connectivity index (χ3n) is 1.65. The van der Waals surface area contributed by atoms with Gasteiger partial charge in [-0.05, 0) is 25.8 Å². The highest BCUT2D eigenvalue weighted by atomic mass is 16.4. The predicted molar refractivity (Wildman–Crippen MR) is 50.1 cm³/mol. The lowest BCUT2D eigenvalue weighted by atomic mass is 10.0. The average Bonchev–Trinajstić information content (AvgIpc) is 1.99. The highest BCUT2D eigenvalue weighted by Gasteiger charge is 2.07. The number of hydrogen-bond acceptors (Lipinski definition) is 1. The molecule has 68 valence electrons. The third-order valence-corrected chi connectivity index (χ3v) is 1.65. The first-order valence-corrected chi connectivity index (χ1v) is 4.19. The molecule has 2 heteroatoms. The van der Waals surface area contributed by atoms with Crippen molar-refractivity contribution in [3.63, 3.8) is 0 Å². The Labute approximate surface area is 73.6 Å². The first kappa shape index (κ1) is 11.0. The van der Waals surface area contributed by atoms with E-state index in [2.05, 4.69) is 0 Å². The van der Waals surface area contributed by atoms with E-state index in [4.69, 9.17) is 5.11 Å². The Morgan fingerprint density at radius 2 is 2.08 bits per heavy atom. The molecule has 0 aliphatic carbocycles. The summed E-state index contributed by atoms with van der Waals surface area (Å²) < 4.78 is 0. The minimum atomic E-state index is -0.799. The fraction of sp³-hybridized carbons (Fsp3) is 0.500. The smallest absolute Gasteiger partial charge is 0.331 e. The summed E-state index contributed by atoms with van der Waals surface area (Å²) in [6.45, 7) is 5.69. The van der Waals surface area contributed by atoms with E-state index < -0.39 is 5.97 Å². The highest BCUT2D eigenvalue weighted by molar-refractivity contribution is 5.87. The minimum Gasteiger partial charge on any atom is -0.478 e. The molecule has 0 amide bonds. The van der Waals surface area contributed by atoms with Crippen LogP contribution in [-0.4, -0.2) is 11.1 Å². The van der Waals surface area contributed by atoms with Gasteiger partial charge < -0.3 is 5.11 Å². The van der Waals surface area contributed by atoms with Crippen LogP contribution < -0.4 is 0 Å². The Hall–Kier alpha value is -1.05. The van der Waals surface area contributed by atoms with Gasteiger partial charge in [0.2, 0.25) is 0 Å². The molecule has 1 N–H and O–H groups in total. The summed E-state index contributed by atoms with van der Waals surface area (Å²) in [6, 6.07) is 0. The van der Waals surface area contributed by atoms with Gasteiger partial charge in [-0.1, -0.05) is 25.5 Å². The van der Waals surface area contributed by atoms with E-state index >= 15 is 0 Å². The van der Waals surface area contributed by atoms with E-state index in [-0.39, 0.29) is 0 Å². The molecule has 0 aliphatic heterocycles. The van der Waals surface area contributed by atoms with Gasteiger partial charge in [0.05, 0.1) is 0 Å². The topological polar surface area (TPSA) is 37.3 Å². The molecule has 0 radical (unpaired) electrons. The first-order valence-electron chi connectivity index (χ1n) is 4.19. The van der Waals surface area contributed by atoms with E-state index in [9.17, 15) is 4.79 Å². The van der Waals surface area contributed by atoms with Crippen molar-refractivity contribution in [2.24, 2.45) is 0 Å². The van der Waals surface area contributed by atoms with Crippen molar-refractivity contribution in [2.75, 3.05) is 0 Å². The van der Waals surface area contributed by atoms with Gasteiger partial charge in [-0.2, -0.15) is 0 Å². The molecule has 0 saturated carbocycles. The molecule has 0 unspecified atom stereocenters. The van der Waals surface area contributed by atoms with Crippen molar-refractivity contribution in [1.29, 1.82) is 0 Å². The number of carboxylic acids is 1. The number of aliphatic carboxylic acids is 1. The number of hydrogen-bond donors (Lipinski definition) is 1. The fourth-order valence-electron chi connectivity index (χ4n) is 1.07. The number of carbonyl (C=O) groups is 1. The Bertz CT molecular complexity index is 212. The van der Waals surface area contributed by atoms with Gasteiger partial charge in [0.25, 0.3) is 0 Å². The summed E-state index contributed by atoms with van der Waals surface area (Å²) in [6.07, 6.45) is 5.20. The predicted octanol–water partition coefficient (Wildman–Crippen LogP) is 2.76. The van der Waals surface area contributed by atoms with Crippen molar-refractivity contribution < 1.29 is 9.90 Å². The summed E-state index contributed by atoms with van der Waals surface area (Å²) in [5.74, 6) is -0.799. The molecule has 0 aliphatic rings. The lowest BCUT2D eigenvalue weighted by Gasteiger charge is -2.02. The molecule has 0 heterocycles. The van der Waals surface area contributed by atoms with Gasteiger partial charge >= 0.3 is 5.97 Å². The van der Waals surface area contributed by atoms with E-state index in [1.807, 2.05) is 32.9 Å². The van der Waals surface area contributed by atoms with Crippen LogP contribution in [0.4, 0.5) is 0 Å². The molecule has 0 rings (SSSR count). The monoisotopic (exact) mass is 168 g/mol. The zero-order chi connectivity index (χ0) is 9.56. The van der Waals surface area contributed by atoms with Crippen LogP contribution in [0.3, 0.4) is 0 Å². The molecule has 12 heavy (non-hydrogen) atoms. The molecule has 0 saturated heterocycles. The summed E-state index contributed by atoms with van der Waals surface area (Å²) in [5, 5.41) is 8.81. The Kier molecular flexibility index (Phi) is 5.09. The summed E-state index contributed by atoms with van der Waals surface area (Å²) in [4.78, 5) is 10.7. The molecule has 0 aromatic heterocycles. The van der Waals surface area contributed by atoms with Crippen molar-refractivity contribution in [3.8, 4) is 0 Å². The van der Waals surface area contributed by atoms with Gasteiger partial charge in [-0.15, -0.1) is 0 Å². The van der Waals surface area contributed by atoms with E-state index in [1.165, 1.54) is 0 Å². The first-order chi connectivity index (χ1) is 5.63. The lowest BCUT2D eigenvalue weighted by Crippen LogP contribution is -2.02. The summed E-state index contributed by atoms with van der Waals surface area (Å²) >= 11 is 0. The molecule has 0 spiro atoms. The molecule has 0 aromatic carbocycles. The third kappa shape index (κ3) is 3.37. The lowest BCUT2D eigenvalue weighted by molar-refractivity contribution is -0.132. The maximum atomic E-state index is 10.7. The highest BCUT2D eigenvalue weighted by Crippen LogP contribution is 2.12. The number of allylic oxidation sites excluding steroid dienone is 3. The molecule has 0 atom stereocenters. The standard InChI is InChI=1S/C10H16O2/c1-4-6-8(3)9(7-5-2)10(11)12/h4,6H,5,7H2,1-3H3,(H,11,12). The zero-order valence-electron chi connectivity index (χ0n) is 7.92. The zero-order valence-corrected chi connectivity index (χ0v) is 7.92. The largest absolute Gasteiger partial charge is 0.478 e. The Balaban J connectivity index is 4.67. The van der Waals surface area contributed by atoms with E-state index in [0.29, 0.717) is 12.0 Å². The molecule has 0 bridgehead atoms. The normalized spacial score (nSPS) is 13.2. The molecular weight excluding hydrogens is 152 g/mol. The SMILES string of the molecule is CC=CC(C)=C(CCC)C(=O)O. The molecule has 0 aromatic rings. The second-order valence-corrected chi connectivity index (χ2v) is 2.72. The van der Waals surface area contributed by atoms with Crippen LogP contribution in [-0.2, 0) is 4.79 Å². The quantitative estimate of drug-likeness (QED) is 0.517. The molecule has 0 fully saturated rings. The van der Waals surface area contributed by atoms with Crippen molar-refractivity contribution >= 4 is 5.97 Å². The second kappa shape index (κ2) is 5.58. The Morgan fingerprint density at radius 1 is 1.50 bits per heavy atom. The second-order valence-electron chi connectivity index (χ2n) is 2.72. The fourth-order valence-corrected chi connectivity index (χ4v) is 1.07. The van der Waals surface area contributed by atoms with Crippen LogP contribution >= 0.6 is 0 Å². The van der Waals surface area contributed by atoms with E-state index in [1.54, 1.807) is 0 Å². The molecule has 2 nitrogen and oxygen atoms in total. The van der Waals surface area contributed by atoms with Gasteiger partial charge in [-0.25, -0.2) is 4.79 Å². The average molecular weight is 168 g/mol. The van der Waals surface area contributed by atoms with Crippen molar-refractivity contribution in [3.05, 3.63) is 23.3 Å². The van der Waals surface area contributed by atoms with Crippen LogP contribution in [0.2, 0.25) is 0 Å². The maximum Gasteiger partial charge on any atom is 0.331 e. The summed E-state index contributed by atoms with van der Waals surface area (Å²) in [7, 11) is 0. The van der Waals surface area contributed by atoms with E-state index in [0.717, 1.165) is 12.0 Å². The van der Waals surface area contributed by atoms with Crippen LogP contribution in [0.5, 0.6) is 0 Å². The maximum absolute atomic E-state index is 10.7. The van der Waals surface area contributed by atoms with Crippen LogP contribution in [0.15, 0.2) is 23.3 Å².